The van der Waals surface area contributed by atoms with Gasteiger partial charge in [0.1, 0.15) is 11.6 Å². The molecule has 1 saturated heterocycles. The van der Waals surface area contributed by atoms with Crippen LogP contribution in [0.3, 0.4) is 0 Å². The zero-order chi connectivity index (χ0) is 17.8. The zero-order valence-corrected chi connectivity index (χ0v) is 14.4. The van der Waals surface area contributed by atoms with Crippen LogP contribution in [0.1, 0.15) is 25.3 Å². The Bertz CT molecular complexity index is 709. The van der Waals surface area contributed by atoms with Crippen molar-refractivity contribution in [2.75, 3.05) is 13.1 Å². The highest BCUT2D eigenvalue weighted by molar-refractivity contribution is 5.78. The molecule has 1 amide bonds. The summed E-state index contributed by atoms with van der Waals surface area (Å²) in [6.07, 6.45) is 7.43. The van der Waals surface area contributed by atoms with Gasteiger partial charge in [-0.1, -0.05) is 6.92 Å². The van der Waals surface area contributed by atoms with Gasteiger partial charge in [-0.3, -0.25) is 4.79 Å². The summed E-state index contributed by atoms with van der Waals surface area (Å²) in [5.74, 6) is -0.439. The van der Waals surface area contributed by atoms with Gasteiger partial charge in [-0.25, -0.2) is 13.8 Å². The van der Waals surface area contributed by atoms with E-state index >= 15 is 0 Å². The Kier molecular flexibility index (Phi) is 5.46. The first kappa shape index (κ1) is 17.6. The van der Waals surface area contributed by atoms with Crippen molar-refractivity contribution in [1.82, 2.24) is 14.5 Å². The lowest BCUT2D eigenvalue weighted by atomic mass is 9.89. The van der Waals surface area contributed by atoms with Crippen molar-refractivity contribution < 1.29 is 13.6 Å². The van der Waals surface area contributed by atoms with Gasteiger partial charge in [0.15, 0.2) is 0 Å². The van der Waals surface area contributed by atoms with Crippen LogP contribution in [0.15, 0.2) is 36.9 Å². The molecule has 0 unspecified atom stereocenters. The summed E-state index contributed by atoms with van der Waals surface area (Å²) < 4.78 is 29.0. The van der Waals surface area contributed by atoms with Crippen LogP contribution < -0.4 is 0 Å². The topological polar surface area (TPSA) is 38.1 Å². The van der Waals surface area contributed by atoms with Crippen LogP contribution in [0.4, 0.5) is 8.78 Å². The second kappa shape index (κ2) is 7.76. The van der Waals surface area contributed by atoms with Crippen molar-refractivity contribution in [3.8, 4) is 0 Å². The van der Waals surface area contributed by atoms with Gasteiger partial charge >= 0.3 is 0 Å². The number of likely N-dealkylation sites (tertiary alicyclic amines) is 1. The number of hydrogen-bond acceptors (Lipinski definition) is 2. The monoisotopic (exact) mass is 347 g/mol. The fourth-order valence-corrected chi connectivity index (χ4v) is 3.47. The summed E-state index contributed by atoms with van der Waals surface area (Å²) in [5.41, 5.74) is 0.429. The number of amides is 1. The molecule has 0 N–H and O–H groups in total. The largest absolute Gasteiger partial charge is 0.342 e. The Morgan fingerprint density at radius 1 is 1.32 bits per heavy atom. The number of carbonyl (C=O) groups excluding carboxylic acids is 1. The summed E-state index contributed by atoms with van der Waals surface area (Å²) >= 11 is 0. The smallest absolute Gasteiger partial charge is 0.227 e. The van der Waals surface area contributed by atoms with Crippen LogP contribution in [0, 0.1) is 23.5 Å². The molecule has 4 nitrogen and oxygen atoms in total. The van der Waals surface area contributed by atoms with E-state index in [1.807, 2.05) is 22.6 Å². The molecule has 134 valence electrons. The summed E-state index contributed by atoms with van der Waals surface area (Å²) in [6.45, 7) is 3.90. The highest BCUT2D eigenvalue weighted by atomic mass is 19.1. The molecule has 0 radical (unpaired) electrons. The molecule has 1 atom stereocenters. The maximum Gasteiger partial charge on any atom is 0.227 e. The molecule has 0 aliphatic carbocycles. The lowest BCUT2D eigenvalue weighted by Gasteiger charge is -2.33. The van der Waals surface area contributed by atoms with Gasteiger partial charge in [-0.2, -0.15) is 0 Å². The molecule has 1 aliphatic heterocycles. The second-order valence-electron chi connectivity index (χ2n) is 6.87. The van der Waals surface area contributed by atoms with E-state index in [0.29, 0.717) is 31.6 Å². The predicted molar refractivity (Wildman–Crippen MR) is 90.8 cm³/mol. The van der Waals surface area contributed by atoms with Crippen LogP contribution in [0.2, 0.25) is 0 Å². The van der Waals surface area contributed by atoms with Crippen molar-refractivity contribution in [1.29, 1.82) is 0 Å². The Morgan fingerprint density at radius 2 is 2.08 bits per heavy atom. The molecule has 2 heterocycles. The third-order valence-corrected chi connectivity index (χ3v) is 4.91. The lowest BCUT2D eigenvalue weighted by molar-refractivity contribution is -0.136. The molecule has 25 heavy (non-hydrogen) atoms. The van der Waals surface area contributed by atoms with Crippen molar-refractivity contribution in [2.45, 2.75) is 32.7 Å². The fraction of sp³-hybridized carbons (Fsp3) is 0.474. The van der Waals surface area contributed by atoms with Crippen molar-refractivity contribution in [3.05, 3.63) is 54.1 Å². The van der Waals surface area contributed by atoms with E-state index in [4.69, 9.17) is 0 Å². The van der Waals surface area contributed by atoms with E-state index in [0.717, 1.165) is 18.9 Å². The predicted octanol–water partition coefficient (Wildman–Crippen LogP) is 3.28. The van der Waals surface area contributed by atoms with Gasteiger partial charge in [0.25, 0.3) is 0 Å². The van der Waals surface area contributed by atoms with Gasteiger partial charge in [0, 0.05) is 32.0 Å². The minimum atomic E-state index is -0.405. The van der Waals surface area contributed by atoms with Crippen LogP contribution >= 0.6 is 0 Å². The van der Waals surface area contributed by atoms with Gasteiger partial charge in [0.05, 0.1) is 12.2 Å². The van der Waals surface area contributed by atoms with Gasteiger partial charge in [0.2, 0.25) is 5.91 Å². The zero-order valence-electron chi connectivity index (χ0n) is 14.4. The third kappa shape index (κ3) is 4.44. The molecule has 1 aromatic heterocycles. The quantitative estimate of drug-likeness (QED) is 0.832. The third-order valence-electron chi connectivity index (χ3n) is 4.91. The average molecular weight is 347 g/mol. The van der Waals surface area contributed by atoms with E-state index in [-0.39, 0.29) is 23.6 Å². The van der Waals surface area contributed by atoms with Gasteiger partial charge in [-0.05, 0) is 48.9 Å². The number of hydrogen-bond donors (Lipinski definition) is 0. The Hall–Kier alpha value is -2.24. The molecule has 0 bridgehead atoms. The van der Waals surface area contributed by atoms with Crippen molar-refractivity contribution in [3.63, 3.8) is 0 Å². The number of imidazole rings is 1. The molecule has 0 saturated carbocycles. The molecule has 6 heteroatoms. The maximum absolute atomic E-state index is 13.8. The van der Waals surface area contributed by atoms with Gasteiger partial charge in [-0.15, -0.1) is 0 Å². The first-order valence-electron chi connectivity index (χ1n) is 8.71. The number of piperidine rings is 1. The normalized spacial score (nSPS) is 16.8. The first-order chi connectivity index (χ1) is 12.0. The van der Waals surface area contributed by atoms with Crippen molar-refractivity contribution >= 4 is 5.91 Å². The maximum atomic E-state index is 13.8. The highest BCUT2D eigenvalue weighted by Crippen LogP contribution is 2.24. The minimum Gasteiger partial charge on any atom is -0.342 e. The summed E-state index contributed by atoms with van der Waals surface area (Å²) in [4.78, 5) is 18.5. The van der Waals surface area contributed by atoms with Crippen LogP contribution in [0.5, 0.6) is 0 Å². The Labute approximate surface area is 146 Å². The number of nitrogens with zero attached hydrogens (tertiary/aromatic N) is 3. The average Bonchev–Trinajstić information content (AvgIpc) is 3.11. The molecular formula is C19H23F2N3O. The Morgan fingerprint density at radius 3 is 2.76 bits per heavy atom. The van der Waals surface area contributed by atoms with E-state index in [1.165, 1.54) is 12.1 Å². The van der Waals surface area contributed by atoms with Crippen LogP contribution in [-0.4, -0.2) is 33.4 Å². The number of aromatic nitrogens is 2. The SMILES string of the molecule is C[C@@H](Cn1ccnc1)C(=O)N1CCC(Cc2cc(F)ccc2F)CC1. The van der Waals surface area contributed by atoms with E-state index in [1.54, 1.807) is 12.5 Å². The number of rotatable bonds is 5. The number of halogens is 2. The Balaban J connectivity index is 1.51. The first-order valence-corrected chi connectivity index (χ1v) is 8.71. The van der Waals surface area contributed by atoms with Crippen LogP contribution in [0.25, 0.3) is 0 Å². The summed E-state index contributed by atoms with van der Waals surface area (Å²) in [5, 5.41) is 0. The lowest BCUT2D eigenvalue weighted by Crippen LogP contribution is -2.42. The van der Waals surface area contributed by atoms with E-state index < -0.39 is 5.82 Å². The molecule has 1 aromatic carbocycles. The molecule has 1 fully saturated rings. The number of carbonyl (C=O) groups is 1. The fourth-order valence-electron chi connectivity index (χ4n) is 3.47. The number of benzene rings is 1. The molecule has 2 aromatic rings. The summed E-state index contributed by atoms with van der Waals surface area (Å²) in [7, 11) is 0. The molecule has 0 spiro atoms. The van der Waals surface area contributed by atoms with E-state index in [2.05, 4.69) is 4.98 Å². The standard InChI is InChI=1S/C19H23F2N3O/c1-14(12-23-9-6-22-13-23)19(25)24-7-4-15(5-8-24)10-16-11-17(20)2-3-18(16)21/h2-3,6,9,11,13-15H,4-5,7-8,10,12H2,1H3/t14-/m0/s1. The molecule has 3 rings (SSSR count). The van der Waals surface area contributed by atoms with E-state index in [9.17, 15) is 13.6 Å². The van der Waals surface area contributed by atoms with Gasteiger partial charge < -0.3 is 9.47 Å². The minimum absolute atomic E-state index is 0.105. The van der Waals surface area contributed by atoms with Crippen LogP contribution in [-0.2, 0) is 17.8 Å². The molecule has 1 aliphatic rings. The highest BCUT2D eigenvalue weighted by Gasteiger charge is 2.26. The summed E-state index contributed by atoms with van der Waals surface area (Å²) in [6, 6.07) is 3.60. The second-order valence-corrected chi connectivity index (χ2v) is 6.87. The molecular weight excluding hydrogens is 324 g/mol. The van der Waals surface area contributed by atoms with Crippen molar-refractivity contribution in [2.24, 2.45) is 11.8 Å².